The maximum absolute atomic E-state index is 9.58. The summed E-state index contributed by atoms with van der Waals surface area (Å²) < 4.78 is 1.57. The largest absolute Gasteiger partial charge is 0.378 e. The summed E-state index contributed by atoms with van der Waals surface area (Å²) in [6, 6.07) is 0. The molecule has 0 bridgehead atoms. The minimum Gasteiger partial charge on any atom is -0.378 e. The van der Waals surface area contributed by atoms with Crippen molar-refractivity contribution in [3.05, 3.63) is 12.2 Å². The summed E-state index contributed by atoms with van der Waals surface area (Å²) in [6.07, 6.45) is 2.03. The van der Waals surface area contributed by atoms with Crippen LogP contribution in [0.2, 0.25) is 0 Å². The second kappa shape index (κ2) is 3.58. The van der Waals surface area contributed by atoms with E-state index in [4.69, 9.17) is 0 Å². The highest BCUT2D eigenvalue weighted by Crippen LogP contribution is 2.05. The van der Waals surface area contributed by atoms with E-state index in [-0.39, 0.29) is 0 Å². The smallest absolute Gasteiger partial charge is 0.203 e. The Morgan fingerprint density at radius 2 is 2.38 bits per heavy atom. The van der Waals surface area contributed by atoms with Crippen LogP contribution in [0.5, 0.6) is 0 Å². The van der Waals surface area contributed by atoms with E-state index < -0.39 is 5.60 Å². The molecule has 1 atom stereocenters. The van der Waals surface area contributed by atoms with Crippen LogP contribution in [0, 0.1) is 11.8 Å². The fourth-order valence-electron chi connectivity index (χ4n) is 0.688. The molecule has 13 heavy (non-hydrogen) atoms. The summed E-state index contributed by atoms with van der Waals surface area (Å²) in [4.78, 5) is 3.92. The van der Waals surface area contributed by atoms with Crippen LogP contribution < -0.4 is 0 Å². The van der Waals surface area contributed by atoms with Crippen LogP contribution in [-0.2, 0) is 7.05 Å². The molecule has 70 valence electrons. The first-order valence-electron chi connectivity index (χ1n) is 4.15. The van der Waals surface area contributed by atoms with Crippen molar-refractivity contribution in [2.75, 3.05) is 0 Å². The molecule has 0 radical (unpaired) electrons. The molecular weight excluding hydrogens is 166 g/mol. The Morgan fingerprint density at radius 3 is 2.85 bits per heavy atom. The first-order chi connectivity index (χ1) is 6.05. The molecule has 0 aliphatic heterocycles. The van der Waals surface area contributed by atoms with Gasteiger partial charge in [0.15, 0.2) is 0 Å². The van der Waals surface area contributed by atoms with Crippen molar-refractivity contribution < 1.29 is 5.11 Å². The molecule has 0 aliphatic rings. The number of hydrogen-bond donors (Lipinski definition) is 1. The molecule has 1 heterocycles. The van der Waals surface area contributed by atoms with Gasteiger partial charge in [0.05, 0.1) is 0 Å². The lowest BCUT2D eigenvalue weighted by Gasteiger charge is -2.11. The van der Waals surface area contributed by atoms with Crippen molar-refractivity contribution in [3.8, 4) is 11.8 Å². The molecule has 0 saturated heterocycles. The van der Waals surface area contributed by atoms with Gasteiger partial charge >= 0.3 is 0 Å². The van der Waals surface area contributed by atoms with E-state index in [0.717, 1.165) is 0 Å². The molecule has 0 saturated carbocycles. The van der Waals surface area contributed by atoms with Gasteiger partial charge in [-0.1, -0.05) is 12.8 Å². The summed E-state index contributed by atoms with van der Waals surface area (Å²) in [5.41, 5.74) is -0.939. The molecule has 0 amide bonds. The average Bonchev–Trinajstić information content (AvgIpc) is 2.48. The lowest BCUT2D eigenvalue weighted by atomic mass is 10.1. The topological polar surface area (TPSA) is 50.9 Å². The highest BCUT2D eigenvalue weighted by Gasteiger charge is 2.12. The third-order valence-electron chi connectivity index (χ3n) is 1.84. The summed E-state index contributed by atoms with van der Waals surface area (Å²) in [6.45, 7) is 3.56. The standard InChI is InChI=1S/C9H13N3O/c1-4-9(2,13)6-5-8-10-7-11-12(8)3/h7,13H,4H2,1-3H3. The molecule has 1 rings (SSSR count). The van der Waals surface area contributed by atoms with E-state index in [0.29, 0.717) is 12.2 Å². The van der Waals surface area contributed by atoms with Gasteiger partial charge in [-0.15, -0.1) is 0 Å². The normalized spacial score (nSPS) is 14.5. The second-order valence-corrected chi connectivity index (χ2v) is 3.08. The molecule has 0 fully saturated rings. The number of aryl methyl sites for hydroxylation is 1. The number of aliphatic hydroxyl groups is 1. The molecule has 1 aromatic heterocycles. The Kier molecular flexibility index (Phi) is 2.69. The lowest BCUT2D eigenvalue weighted by Crippen LogP contribution is -2.19. The third-order valence-corrected chi connectivity index (χ3v) is 1.84. The van der Waals surface area contributed by atoms with Crippen molar-refractivity contribution in [2.45, 2.75) is 25.9 Å². The zero-order chi connectivity index (χ0) is 9.90. The number of rotatable bonds is 1. The Bertz CT molecular complexity index is 343. The van der Waals surface area contributed by atoms with Gasteiger partial charge in [-0.2, -0.15) is 5.10 Å². The fraction of sp³-hybridized carbons (Fsp3) is 0.556. The SMILES string of the molecule is CCC(C)(O)C#Cc1ncnn1C. The van der Waals surface area contributed by atoms with Crippen LogP contribution in [-0.4, -0.2) is 25.5 Å². The van der Waals surface area contributed by atoms with E-state index in [1.54, 1.807) is 18.7 Å². The van der Waals surface area contributed by atoms with Gasteiger partial charge in [-0.25, -0.2) is 9.67 Å². The molecule has 4 heteroatoms. The zero-order valence-corrected chi connectivity index (χ0v) is 8.07. The molecular formula is C9H13N3O. The van der Waals surface area contributed by atoms with E-state index in [9.17, 15) is 5.11 Å². The first kappa shape index (κ1) is 9.75. The second-order valence-electron chi connectivity index (χ2n) is 3.08. The minimum atomic E-state index is -0.939. The van der Waals surface area contributed by atoms with Crippen molar-refractivity contribution in [1.82, 2.24) is 14.8 Å². The average molecular weight is 179 g/mol. The monoisotopic (exact) mass is 179 g/mol. The van der Waals surface area contributed by atoms with Crippen LogP contribution in [0.3, 0.4) is 0 Å². The van der Waals surface area contributed by atoms with Gasteiger partial charge in [0.25, 0.3) is 0 Å². The van der Waals surface area contributed by atoms with Crippen molar-refractivity contribution in [2.24, 2.45) is 7.05 Å². The van der Waals surface area contributed by atoms with Crippen molar-refractivity contribution in [1.29, 1.82) is 0 Å². The Morgan fingerprint density at radius 1 is 1.69 bits per heavy atom. The summed E-state index contributed by atoms with van der Waals surface area (Å²) in [5.74, 6) is 6.07. The zero-order valence-electron chi connectivity index (χ0n) is 8.07. The highest BCUT2D eigenvalue weighted by molar-refractivity contribution is 5.24. The molecule has 0 aliphatic carbocycles. The Balaban J connectivity index is 2.84. The van der Waals surface area contributed by atoms with Gasteiger partial charge in [0, 0.05) is 7.05 Å². The molecule has 1 unspecified atom stereocenters. The Hall–Kier alpha value is -1.34. The van der Waals surface area contributed by atoms with Gasteiger partial charge in [-0.3, -0.25) is 0 Å². The van der Waals surface area contributed by atoms with Crippen molar-refractivity contribution >= 4 is 0 Å². The third kappa shape index (κ3) is 2.56. The summed E-state index contributed by atoms with van der Waals surface area (Å²) in [5, 5.41) is 13.4. The van der Waals surface area contributed by atoms with Crippen LogP contribution in [0.4, 0.5) is 0 Å². The maximum atomic E-state index is 9.58. The quantitative estimate of drug-likeness (QED) is 0.632. The van der Waals surface area contributed by atoms with Gasteiger partial charge < -0.3 is 5.11 Å². The van der Waals surface area contributed by atoms with E-state index in [1.807, 2.05) is 6.92 Å². The molecule has 4 nitrogen and oxygen atoms in total. The molecule has 0 aromatic carbocycles. The summed E-state index contributed by atoms with van der Waals surface area (Å²) in [7, 11) is 1.76. The van der Waals surface area contributed by atoms with Crippen LogP contribution in [0.1, 0.15) is 26.1 Å². The summed E-state index contributed by atoms with van der Waals surface area (Å²) >= 11 is 0. The molecule has 0 spiro atoms. The predicted molar refractivity (Wildman–Crippen MR) is 48.8 cm³/mol. The minimum absolute atomic E-state index is 0.564. The van der Waals surface area contributed by atoms with Gasteiger partial charge in [0.2, 0.25) is 5.82 Å². The fourth-order valence-corrected chi connectivity index (χ4v) is 0.688. The predicted octanol–water partition coefficient (Wildman–Crippen LogP) is 0.328. The van der Waals surface area contributed by atoms with E-state index in [1.165, 1.54) is 6.33 Å². The van der Waals surface area contributed by atoms with Crippen LogP contribution in [0.25, 0.3) is 0 Å². The number of aromatic nitrogens is 3. The van der Waals surface area contributed by atoms with Gasteiger partial charge in [-0.05, 0) is 19.3 Å². The van der Waals surface area contributed by atoms with Crippen LogP contribution in [0.15, 0.2) is 6.33 Å². The number of hydrogen-bond acceptors (Lipinski definition) is 3. The lowest BCUT2D eigenvalue weighted by molar-refractivity contribution is 0.118. The van der Waals surface area contributed by atoms with E-state index in [2.05, 4.69) is 21.9 Å². The maximum Gasteiger partial charge on any atom is 0.203 e. The molecule has 1 N–H and O–H groups in total. The first-order valence-corrected chi connectivity index (χ1v) is 4.15. The molecule has 1 aromatic rings. The number of nitrogens with zero attached hydrogens (tertiary/aromatic N) is 3. The highest BCUT2D eigenvalue weighted by atomic mass is 16.3. The van der Waals surface area contributed by atoms with Crippen molar-refractivity contribution in [3.63, 3.8) is 0 Å². The Labute approximate surface area is 77.6 Å². The van der Waals surface area contributed by atoms with Gasteiger partial charge in [0.1, 0.15) is 11.9 Å². The van der Waals surface area contributed by atoms with E-state index >= 15 is 0 Å². The van der Waals surface area contributed by atoms with Crippen LogP contribution >= 0.6 is 0 Å².